The second-order valence-corrected chi connectivity index (χ2v) is 3.24. The average molecular weight is 296 g/mol. The van der Waals surface area contributed by atoms with Gasteiger partial charge < -0.3 is 9.84 Å². The fourth-order valence-electron chi connectivity index (χ4n) is 1.10. The predicted octanol–water partition coefficient (Wildman–Crippen LogP) is 3.44. The highest BCUT2D eigenvalue weighted by atomic mass is 35.5. The van der Waals surface area contributed by atoms with Crippen LogP contribution in [0.4, 0.5) is 26.3 Å². The quantitative estimate of drug-likeness (QED) is 0.671. The maximum absolute atomic E-state index is 12.5. The summed E-state index contributed by atoms with van der Waals surface area (Å²) in [6.07, 6.45) is -10.4. The molecule has 0 unspecified atom stereocenters. The fourth-order valence-corrected chi connectivity index (χ4v) is 1.29. The van der Waals surface area contributed by atoms with Crippen molar-refractivity contribution < 1.29 is 36.2 Å². The van der Waals surface area contributed by atoms with Crippen LogP contribution < -0.4 is 4.74 Å². The first-order chi connectivity index (χ1) is 8.06. The van der Waals surface area contributed by atoms with Crippen LogP contribution in [0, 0.1) is 0 Å². The molecule has 0 saturated heterocycles. The van der Waals surface area contributed by atoms with E-state index >= 15 is 0 Å². The van der Waals surface area contributed by atoms with E-state index in [1.165, 1.54) is 0 Å². The Balaban J connectivity index is 3.39. The van der Waals surface area contributed by atoms with Crippen molar-refractivity contribution in [2.24, 2.45) is 0 Å². The molecule has 1 N–H and O–H groups in total. The number of nitrogens with zero attached hydrogens (tertiary/aromatic N) is 1. The summed E-state index contributed by atoms with van der Waals surface area (Å²) in [7, 11) is 0. The lowest BCUT2D eigenvalue weighted by atomic mass is 10.2. The van der Waals surface area contributed by atoms with Gasteiger partial charge >= 0.3 is 12.5 Å². The first-order valence-electron chi connectivity index (χ1n) is 4.16. The summed E-state index contributed by atoms with van der Waals surface area (Å²) in [4.78, 5) is 3.15. The van der Waals surface area contributed by atoms with Crippen molar-refractivity contribution in [3.63, 3.8) is 0 Å². The maximum Gasteiger partial charge on any atom is 0.573 e. The molecule has 1 aromatic rings. The van der Waals surface area contributed by atoms with E-state index in [9.17, 15) is 31.4 Å². The number of hydrogen-bond acceptors (Lipinski definition) is 3. The molecular formula is C8H4ClF6NO2. The van der Waals surface area contributed by atoms with Gasteiger partial charge in [0.2, 0.25) is 0 Å². The molecule has 18 heavy (non-hydrogen) atoms. The Kier molecular flexibility index (Phi) is 3.84. The summed E-state index contributed by atoms with van der Waals surface area (Å²) >= 11 is 5.19. The molecule has 0 atom stereocenters. The van der Waals surface area contributed by atoms with E-state index < -0.39 is 41.2 Å². The Hall–Kier alpha value is -1.38. The second kappa shape index (κ2) is 4.71. The highest BCUT2D eigenvalue weighted by molar-refractivity contribution is 6.17. The minimum absolute atomic E-state index is 0.202. The lowest BCUT2D eigenvalue weighted by molar-refractivity contribution is -0.276. The van der Waals surface area contributed by atoms with Crippen LogP contribution in [-0.4, -0.2) is 16.5 Å². The van der Waals surface area contributed by atoms with E-state index in [1.54, 1.807) is 0 Å². The number of ether oxygens (including phenoxy) is 1. The third-order valence-corrected chi connectivity index (χ3v) is 1.98. The Morgan fingerprint density at radius 2 is 1.78 bits per heavy atom. The molecule has 0 aromatic carbocycles. The molecular weight excluding hydrogens is 292 g/mol. The Morgan fingerprint density at radius 3 is 2.17 bits per heavy atom. The van der Waals surface area contributed by atoms with Gasteiger partial charge in [-0.05, 0) is 0 Å². The molecule has 0 amide bonds. The number of alkyl halides is 7. The minimum atomic E-state index is -5.34. The molecule has 10 heteroatoms. The van der Waals surface area contributed by atoms with Gasteiger partial charge in [0.25, 0.3) is 0 Å². The number of halogens is 7. The Labute approximate surface area is 101 Å². The zero-order chi connectivity index (χ0) is 14.1. The van der Waals surface area contributed by atoms with Crippen LogP contribution in [0.15, 0.2) is 6.20 Å². The van der Waals surface area contributed by atoms with Crippen LogP contribution >= 0.6 is 11.6 Å². The van der Waals surface area contributed by atoms with Gasteiger partial charge in [0.15, 0.2) is 11.5 Å². The largest absolute Gasteiger partial charge is 0.573 e. The van der Waals surface area contributed by atoms with Crippen LogP contribution in [0.5, 0.6) is 11.5 Å². The van der Waals surface area contributed by atoms with E-state index in [2.05, 4.69) is 9.72 Å². The van der Waals surface area contributed by atoms with Gasteiger partial charge in [-0.15, -0.1) is 24.8 Å². The fraction of sp³-hybridized carbons (Fsp3) is 0.375. The zero-order valence-corrected chi connectivity index (χ0v) is 8.99. The molecule has 1 heterocycles. The molecule has 0 bridgehead atoms. The summed E-state index contributed by atoms with van der Waals surface area (Å²) in [5, 5.41) is 9.19. The van der Waals surface area contributed by atoms with Gasteiger partial charge in [-0.25, -0.2) is 0 Å². The van der Waals surface area contributed by atoms with E-state index in [-0.39, 0.29) is 6.20 Å². The Morgan fingerprint density at radius 1 is 1.22 bits per heavy atom. The summed E-state index contributed by atoms with van der Waals surface area (Å²) < 4.78 is 76.4. The standard InChI is InChI=1S/C8H4ClF6NO2/c9-1-3-6(17)5(7(10,11)12)4(2-16-3)18-8(13,14)15/h2,17H,1H2. The van der Waals surface area contributed by atoms with Crippen LogP contribution in [0.1, 0.15) is 11.3 Å². The van der Waals surface area contributed by atoms with Crippen molar-refractivity contribution in [3.8, 4) is 11.5 Å². The lowest BCUT2D eigenvalue weighted by Crippen LogP contribution is -2.20. The van der Waals surface area contributed by atoms with Gasteiger partial charge in [0, 0.05) is 0 Å². The molecule has 0 aliphatic rings. The van der Waals surface area contributed by atoms with Crippen molar-refractivity contribution in [2.75, 3.05) is 0 Å². The van der Waals surface area contributed by atoms with Crippen molar-refractivity contribution in [1.29, 1.82) is 0 Å². The third-order valence-electron chi connectivity index (χ3n) is 1.73. The summed E-state index contributed by atoms with van der Waals surface area (Å²) in [5.41, 5.74) is -2.57. The lowest BCUT2D eigenvalue weighted by Gasteiger charge is -2.17. The number of rotatable bonds is 2. The highest BCUT2D eigenvalue weighted by Gasteiger charge is 2.42. The van der Waals surface area contributed by atoms with Crippen molar-refractivity contribution in [2.45, 2.75) is 18.4 Å². The van der Waals surface area contributed by atoms with E-state index in [4.69, 9.17) is 11.6 Å². The summed E-state index contributed by atoms with van der Waals surface area (Å²) in [6.45, 7) is 0. The van der Waals surface area contributed by atoms with Gasteiger partial charge in [-0.3, -0.25) is 4.98 Å². The van der Waals surface area contributed by atoms with Crippen LogP contribution in [-0.2, 0) is 12.1 Å². The number of aromatic hydroxyl groups is 1. The molecule has 0 aliphatic heterocycles. The van der Waals surface area contributed by atoms with Gasteiger partial charge in [0.1, 0.15) is 5.56 Å². The normalized spacial score (nSPS) is 12.6. The monoisotopic (exact) mass is 295 g/mol. The molecule has 1 aromatic heterocycles. The number of aromatic nitrogens is 1. The van der Waals surface area contributed by atoms with Crippen LogP contribution in [0.25, 0.3) is 0 Å². The molecule has 0 saturated carbocycles. The first-order valence-corrected chi connectivity index (χ1v) is 4.69. The maximum atomic E-state index is 12.5. The molecule has 0 aliphatic carbocycles. The summed E-state index contributed by atoms with van der Waals surface area (Å²) in [5.74, 6) is -3.72. The molecule has 0 spiro atoms. The molecule has 102 valence electrons. The van der Waals surface area contributed by atoms with E-state index in [0.717, 1.165) is 0 Å². The number of hydrogen-bond donors (Lipinski definition) is 1. The van der Waals surface area contributed by atoms with Gasteiger partial charge in [-0.2, -0.15) is 13.2 Å². The second-order valence-electron chi connectivity index (χ2n) is 2.97. The van der Waals surface area contributed by atoms with Crippen molar-refractivity contribution >= 4 is 11.6 Å². The molecule has 3 nitrogen and oxygen atoms in total. The minimum Gasteiger partial charge on any atom is -0.505 e. The van der Waals surface area contributed by atoms with Gasteiger partial charge in [0.05, 0.1) is 17.8 Å². The number of pyridine rings is 1. The van der Waals surface area contributed by atoms with Crippen molar-refractivity contribution in [1.82, 2.24) is 4.98 Å². The first kappa shape index (κ1) is 14.7. The molecule has 0 radical (unpaired) electrons. The van der Waals surface area contributed by atoms with Crippen LogP contribution in [0.2, 0.25) is 0 Å². The van der Waals surface area contributed by atoms with E-state index in [0.29, 0.717) is 0 Å². The summed E-state index contributed by atoms with van der Waals surface area (Å²) in [6, 6.07) is 0. The van der Waals surface area contributed by atoms with Gasteiger partial charge in [-0.1, -0.05) is 0 Å². The SMILES string of the molecule is Oc1c(CCl)ncc(OC(F)(F)F)c1C(F)(F)F. The highest BCUT2D eigenvalue weighted by Crippen LogP contribution is 2.44. The average Bonchev–Trinajstić information content (AvgIpc) is 2.13. The smallest absolute Gasteiger partial charge is 0.505 e. The van der Waals surface area contributed by atoms with E-state index in [1.807, 2.05) is 0 Å². The molecule has 1 rings (SSSR count). The van der Waals surface area contributed by atoms with Crippen molar-refractivity contribution in [3.05, 3.63) is 17.5 Å². The topological polar surface area (TPSA) is 42.4 Å². The zero-order valence-electron chi connectivity index (χ0n) is 8.23. The Bertz CT molecular complexity index is 444. The molecule has 0 fully saturated rings. The third kappa shape index (κ3) is 3.31. The van der Waals surface area contributed by atoms with Crippen LogP contribution in [0.3, 0.4) is 0 Å². The predicted molar refractivity (Wildman–Crippen MR) is 47.1 cm³/mol.